The van der Waals surface area contributed by atoms with Gasteiger partial charge in [0.05, 0.1) is 16.0 Å². The number of aromatic nitrogens is 1. The maximum absolute atomic E-state index is 11.7. The first-order valence-electron chi connectivity index (χ1n) is 7.77. The summed E-state index contributed by atoms with van der Waals surface area (Å²) < 4.78 is 5.80. The van der Waals surface area contributed by atoms with Crippen LogP contribution in [-0.4, -0.2) is 16.1 Å². The highest BCUT2D eigenvalue weighted by Gasteiger charge is 2.25. The Morgan fingerprint density at radius 2 is 1.89 bits per heavy atom. The minimum atomic E-state index is -0.447. The zero-order chi connectivity index (χ0) is 18.8. The van der Waals surface area contributed by atoms with E-state index in [2.05, 4.69) is 28.2 Å². The number of pyridine rings is 1. The minimum absolute atomic E-state index is 0.266. The Balaban J connectivity index is 1.74. The van der Waals surface area contributed by atoms with Gasteiger partial charge in [-0.2, -0.15) is 5.26 Å². The van der Waals surface area contributed by atoms with Crippen LogP contribution in [0.2, 0.25) is 0 Å². The molecule has 2 aromatic heterocycles. The lowest BCUT2D eigenvalue weighted by Crippen LogP contribution is -2.17. The predicted molar refractivity (Wildman–Crippen MR) is 100 cm³/mol. The molecule has 3 aromatic rings. The number of amides is 2. The number of thioether (sulfide) groups is 1. The number of nitrogens with one attached hydrogen (secondary N) is 1. The number of hydrogen-bond donors (Lipinski definition) is 1. The third-order valence-corrected chi connectivity index (χ3v) is 4.55. The minimum Gasteiger partial charge on any atom is -0.455 e. The highest BCUT2D eigenvalue weighted by atomic mass is 32.2. The number of fused-ring (bicyclic) bond motifs is 1. The third-order valence-electron chi connectivity index (χ3n) is 3.74. The Morgan fingerprint density at radius 3 is 2.63 bits per heavy atom. The number of furan rings is 1. The van der Waals surface area contributed by atoms with Crippen molar-refractivity contribution < 1.29 is 14.0 Å². The van der Waals surface area contributed by atoms with Crippen LogP contribution in [0.4, 0.5) is 4.79 Å². The Kier molecular flexibility index (Phi) is 4.21. The number of carbonyl (C=O) groups excluding carboxylic acids is 2. The molecule has 0 spiro atoms. The van der Waals surface area contributed by atoms with Crippen LogP contribution in [0.3, 0.4) is 0 Å². The Hall–Kier alpha value is -3.81. The van der Waals surface area contributed by atoms with Crippen molar-refractivity contribution in [3.8, 4) is 17.9 Å². The van der Waals surface area contributed by atoms with E-state index in [4.69, 9.17) is 9.68 Å². The van der Waals surface area contributed by atoms with E-state index in [1.165, 1.54) is 6.08 Å². The Bertz CT molecular complexity index is 1240. The first-order valence-corrected chi connectivity index (χ1v) is 8.59. The molecule has 1 saturated heterocycles. The first kappa shape index (κ1) is 16.6. The molecule has 0 unspecified atom stereocenters. The van der Waals surface area contributed by atoms with Crippen LogP contribution in [0.15, 0.2) is 52.0 Å². The highest BCUT2D eigenvalue weighted by Crippen LogP contribution is 2.28. The van der Waals surface area contributed by atoms with Gasteiger partial charge in [-0.1, -0.05) is 24.0 Å². The van der Waals surface area contributed by atoms with Crippen molar-refractivity contribution in [1.82, 2.24) is 10.3 Å². The Labute approximate surface area is 157 Å². The van der Waals surface area contributed by atoms with Gasteiger partial charge in [-0.3, -0.25) is 19.9 Å². The number of benzene rings is 1. The van der Waals surface area contributed by atoms with Crippen molar-refractivity contribution in [2.24, 2.45) is 0 Å². The number of rotatable bonds is 1. The molecule has 0 saturated carbocycles. The molecule has 7 heteroatoms. The quantitative estimate of drug-likeness (QED) is 0.520. The average molecular weight is 371 g/mol. The van der Waals surface area contributed by atoms with Gasteiger partial charge in [-0.15, -0.1) is 0 Å². The maximum atomic E-state index is 11.7. The van der Waals surface area contributed by atoms with Crippen LogP contribution in [-0.2, 0) is 4.79 Å². The van der Waals surface area contributed by atoms with Gasteiger partial charge in [0.1, 0.15) is 11.8 Å². The van der Waals surface area contributed by atoms with E-state index in [0.717, 1.165) is 17.1 Å². The summed E-state index contributed by atoms with van der Waals surface area (Å²) >= 11 is 0.822. The molecule has 0 bridgehead atoms. The van der Waals surface area contributed by atoms with E-state index in [-0.39, 0.29) is 4.91 Å². The molecular formula is C20H9N3O3S. The molecule has 27 heavy (non-hydrogen) atoms. The van der Waals surface area contributed by atoms with E-state index in [9.17, 15) is 9.59 Å². The summed E-state index contributed by atoms with van der Waals surface area (Å²) in [5, 5.41) is 11.7. The van der Waals surface area contributed by atoms with Crippen LogP contribution in [0.25, 0.3) is 17.0 Å². The zero-order valence-corrected chi connectivity index (χ0v) is 14.5. The molecule has 0 aliphatic carbocycles. The van der Waals surface area contributed by atoms with Crippen molar-refractivity contribution in [2.45, 2.75) is 0 Å². The summed E-state index contributed by atoms with van der Waals surface area (Å²) in [6.07, 6.45) is 4.71. The van der Waals surface area contributed by atoms with Crippen LogP contribution in [0, 0.1) is 23.2 Å². The van der Waals surface area contributed by atoms with Gasteiger partial charge in [0, 0.05) is 29.4 Å². The largest absolute Gasteiger partial charge is 0.455 e. The molecule has 1 N–H and O–H groups in total. The van der Waals surface area contributed by atoms with E-state index in [0.29, 0.717) is 28.0 Å². The van der Waals surface area contributed by atoms with Crippen molar-refractivity contribution in [3.63, 3.8) is 0 Å². The fourth-order valence-corrected chi connectivity index (χ4v) is 3.18. The topological polar surface area (TPSA) is 96.0 Å². The number of imide groups is 1. The Morgan fingerprint density at radius 1 is 1.11 bits per heavy atom. The van der Waals surface area contributed by atoms with Crippen LogP contribution < -0.4 is 5.32 Å². The molecule has 3 heterocycles. The predicted octanol–water partition coefficient (Wildman–Crippen LogP) is 3.42. The highest BCUT2D eigenvalue weighted by molar-refractivity contribution is 8.18. The SMILES string of the molecule is N#Cc1ccccc1C#Cc1cncc2cc(/C=C3/SC(=O)NC3=O)oc12. The molecule has 0 atom stereocenters. The standard InChI is InChI=1S/C20H9N3O3S/c21-9-13-4-2-1-3-12(13)5-6-14-10-22-11-15-7-16(26-18(14)15)8-17-19(24)23-20(25)27-17/h1-4,7-8,10-11H,(H,23,24,25)/b17-8+. The van der Waals surface area contributed by atoms with Crippen LogP contribution in [0.5, 0.6) is 0 Å². The van der Waals surface area contributed by atoms with Crippen molar-refractivity contribution >= 4 is 40.0 Å². The zero-order valence-electron chi connectivity index (χ0n) is 13.6. The third kappa shape index (κ3) is 3.32. The second kappa shape index (κ2) is 6.83. The monoisotopic (exact) mass is 371 g/mol. The van der Waals surface area contributed by atoms with Crippen LogP contribution >= 0.6 is 11.8 Å². The number of carbonyl (C=O) groups is 2. The molecule has 1 fully saturated rings. The lowest BCUT2D eigenvalue weighted by molar-refractivity contribution is -0.115. The van der Waals surface area contributed by atoms with E-state index in [1.54, 1.807) is 36.7 Å². The van der Waals surface area contributed by atoms with Gasteiger partial charge in [0.2, 0.25) is 0 Å². The second-order valence-corrected chi connectivity index (χ2v) is 6.53. The summed E-state index contributed by atoms with van der Waals surface area (Å²) in [6, 6.07) is 10.9. The number of nitriles is 1. The van der Waals surface area contributed by atoms with Gasteiger partial charge in [0.25, 0.3) is 11.1 Å². The van der Waals surface area contributed by atoms with Crippen molar-refractivity contribution in [1.29, 1.82) is 5.26 Å². The lowest BCUT2D eigenvalue weighted by atomic mass is 10.1. The van der Waals surface area contributed by atoms with Gasteiger partial charge in [-0.05, 0) is 30.0 Å². The second-order valence-electron chi connectivity index (χ2n) is 5.51. The van der Waals surface area contributed by atoms with Gasteiger partial charge in [0.15, 0.2) is 5.58 Å². The molecular weight excluding hydrogens is 362 g/mol. The molecule has 0 radical (unpaired) electrons. The first-order chi connectivity index (χ1) is 13.1. The van der Waals surface area contributed by atoms with Gasteiger partial charge < -0.3 is 4.42 Å². The smallest absolute Gasteiger partial charge is 0.290 e. The summed E-state index contributed by atoms with van der Waals surface area (Å²) in [6.45, 7) is 0. The number of hydrogen-bond acceptors (Lipinski definition) is 6. The van der Waals surface area contributed by atoms with E-state index >= 15 is 0 Å². The van der Waals surface area contributed by atoms with Crippen LogP contribution in [0.1, 0.15) is 22.5 Å². The lowest BCUT2D eigenvalue weighted by Gasteiger charge is -1.94. The van der Waals surface area contributed by atoms with E-state index in [1.807, 2.05) is 6.07 Å². The molecule has 1 aliphatic rings. The van der Waals surface area contributed by atoms with Crippen molar-refractivity contribution in [3.05, 3.63) is 70.1 Å². The number of nitrogens with zero attached hydrogens (tertiary/aromatic N) is 2. The molecule has 1 aromatic carbocycles. The van der Waals surface area contributed by atoms with Gasteiger partial charge in [-0.25, -0.2) is 0 Å². The summed E-state index contributed by atoms with van der Waals surface area (Å²) in [5.74, 6) is 5.93. The fourth-order valence-electron chi connectivity index (χ4n) is 2.52. The molecule has 1 aliphatic heterocycles. The van der Waals surface area contributed by atoms with Gasteiger partial charge >= 0.3 is 0 Å². The average Bonchev–Trinajstić information content (AvgIpc) is 3.22. The maximum Gasteiger partial charge on any atom is 0.290 e. The fraction of sp³-hybridized carbons (Fsp3) is 0. The van der Waals surface area contributed by atoms with E-state index < -0.39 is 11.1 Å². The normalized spacial score (nSPS) is 14.7. The molecule has 128 valence electrons. The van der Waals surface area contributed by atoms with Crippen molar-refractivity contribution in [2.75, 3.05) is 0 Å². The summed E-state index contributed by atoms with van der Waals surface area (Å²) in [7, 11) is 0. The molecule has 2 amide bonds. The molecule has 6 nitrogen and oxygen atoms in total. The molecule has 4 rings (SSSR count). The summed E-state index contributed by atoms with van der Waals surface area (Å²) in [4.78, 5) is 27.3. The summed E-state index contributed by atoms with van der Waals surface area (Å²) in [5.41, 5.74) is 2.19.